The highest BCUT2D eigenvalue weighted by Crippen LogP contribution is 2.32. The minimum Gasteiger partial charge on any atom is -0.487 e. The third-order valence-corrected chi connectivity index (χ3v) is 6.54. The van der Waals surface area contributed by atoms with Gasteiger partial charge in [-0.15, -0.1) is 0 Å². The number of hydrogen-bond donors (Lipinski definition) is 0. The number of halogens is 1. The minimum atomic E-state index is -0.382. The van der Waals surface area contributed by atoms with E-state index < -0.39 is 0 Å². The maximum absolute atomic E-state index is 14.9. The van der Waals surface area contributed by atoms with Crippen LogP contribution in [0.4, 0.5) is 4.39 Å². The van der Waals surface area contributed by atoms with Crippen LogP contribution in [0.2, 0.25) is 0 Å². The van der Waals surface area contributed by atoms with Gasteiger partial charge < -0.3 is 14.4 Å². The molecule has 0 radical (unpaired) electrons. The highest BCUT2D eigenvalue weighted by Gasteiger charge is 2.31. The van der Waals surface area contributed by atoms with Crippen LogP contribution in [0.1, 0.15) is 31.2 Å². The first-order valence-electron chi connectivity index (χ1n) is 11.3. The molecule has 5 rings (SSSR count). The van der Waals surface area contributed by atoms with Crippen LogP contribution in [-0.2, 0) is 9.53 Å². The molecule has 0 spiro atoms. The van der Waals surface area contributed by atoms with E-state index in [1.807, 2.05) is 42.2 Å². The number of likely N-dealkylation sites (tertiary alicyclic amines) is 1. The van der Waals surface area contributed by atoms with Gasteiger partial charge >= 0.3 is 0 Å². The number of aromatic nitrogens is 1. The molecule has 2 aliphatic rings. The smallest absolute Gasteiger partial charge is 0.251 e. The van der Waals surface area contributed by atoms with Gasteiger partial charge in [0.2, 0.25) is 0 Å². The Morgan fingerprint density at radius 3 is 2.72 bits per heavy atom. The van der Waals surface area contributed by atoms with Crippen molar-refractivity contribution in [3.63, 3.8) is 0 Å². The molecule has 0 N–H and O–H groups in total. The molecule has 1 amide bonds. The Morgan fingerprint density at radius 1 is 1.16 bits per heavy atom. The summed E-state index contributed by atoms with van der Waals surface area (Å²) in [6, 6.07) is 13.1. The SMILES string of the molecule is Cc1c(-c2ccc(OC3CCN(C(=O)[C@H]4CCCO4)CC3)c(F)c2)cnc2ccccc12. The first kappa shape index (κ1) is 20.9. The third-order valence-electron chi connectivity index (χ3n) is 6.54. The van der Waals surface area contributed by atoms with Crippen LogP contribution in [0, 0.1) is 12.7 Å². The second kappa shape index (κ2) is 8.87. The molecule has 5 nitrogen and oxygen atoms in total. The Labute approximate surface area is 187 Å². The molecule has 0 bridgehead atoms. The van der Waals surface area contributed by atoms with Crippen molar-refractivity contribution in [1.29, 1.82) is 0 Å². The van der Waals surface area contributed by atoms with Crippen molar-refractivity contribution in [2.45, 2.75) is 44.8 Å². The van der Waals surface area contributed by atoms with Crippen LogP contribution in [-0.4, -0.2) is 47.7 Å². The third kappa shape index (κ3) is 4.07. The first-order valence-corrected chi connectivity index (χ1v) is 11.3. The summed E-state index contributed by atoms with van der Waals surface area (Å²) < 4.78 is 26.4. The highest BCUT2D eigenvalue weighted by molar-refractivity contribution is 5.88. The van der Waals surface area contributed by atoms with E-state index in [-0.39, 0.29) is 29.7 Å². The van der Waals surface area contributed by atoms with Gasteiger partial charge in [-0.3, -0.25) is 9.78 Å². The van der Waals surface area contributed by atoms with E-state index in [1.54, 1.807) is 12.3 Å². The monoisotopic (exact) mass is 434 g/mol. The number of amides is 1. The lowest BCUT2D eigenvalue weighted by Gasteiger charge is -2.33. The van der Waals surface area contributed by atoms with E-state index in [0.717, 1.165) is 40.4 Å². The van der Waals surface area contributed by atoms with Gasteiger partial charge in [0.05, 0.1) is 5.52 Å². The number of ether oxygens (including phenoxy) is 2. The zero-order valence-corrected chi connectivity index (χ0v) is 18.2. The van der Waals surface area contributed by atoms with Gasteiger partial charge in [0.15, 0.2) is 11.6 Å². The minimum absolute atomic E-state index is 0.0795. The number of aryl methyl sites for hydroxylation is 1. The Kier molecular flexibility index (Phi) is 5.79. The second-order valence-electron chi connectivity index (χ2n) is 8.60. The number of para-hydroxylation sites is 1. The number of nitrogens with zero attached hydrogens (tertiary/aromatic N) is 2. The molecule has 0 unspecified atom stereocenters. The van der Waals surface area contributed by atoms with Crippen molar-refractivity contribution < 1.29 is 18.7 Å². The number of carbonyl (C=O) groups excluding carboxylic acids is 1. The van der Waals surface area contributed by atoms with Crippen molar-refractivity contribution in [3.8, 4) is 16.9 Å². The lowest BCUT2D eigenvalue weighted by Crippen LogP contribution is -2.45. The van der Waals surface area contributed by atoms with Crippen LogP contribution >= 0.6 is 0 Å². The fourth-order valence-corrected chi connectivity index (χ4v) is 4.68. The van der Waals surface area contributed by atoms with E-state index in [9.17, 15) is 9.18 Å². The molecule has 0 aliphatic carbocycles. The Balaban J connectivity index is 1.26. The van der Waals surface area contributed by atoms with E-state index in [4.69, 9.17) is 9.47 Å². The van der Waals surface area contributed by atoms with E-state index in [1.165, 1.54) is 6.07 Å². The summed E-state index contributed by atoms with van der Waals surface area (Å²) in [5.74, 6) is -0.0483. The fraction of sp³-hybridized carbons (Fsp3) is 0.385. The fourth-order valence-electron chi connectivity index (χ4n) is 4.68. The van der Waals surface area contributed by atoms with E-state index in [0.29, 0.717) is 32.5 Å². The van der Waals surface area contributed by atoms with Crippen molar-refractivity contribution >= 4 is 16.8 Å². The summed E-state index contributed by atoms with van der Waals surface area (Å²) in [6.45, 7) is 3.93. The summed E-state index contributed by atoms with van der Waals surface area (Å²) in [7, 11) is 0. The molecule has 1 aromatic heterocycles. The van der Waals surface area contributed by atoms with Gasteiger partial charge in [-0.1, -0.05) is 24.3 Å². The second-order valence-corrected chi connectivity index (χ2v) is 8.60. The van der Waals surface area contributed by atoms with Crippen LogP contribution in [0.3, 0.4) is 0 Å². The molecule has 166 valence electrons. The molecule has 3 heterocycles. The average Bonchev–Trinajstić information content (AvgIpc) is 3.36. The summed E-state index contributed by atoms with van der Waals surface area (Å²) in [6.07, 6.45) is 4.53. The van der Waals surface area contributed by atoms with Gasteiger partial charge in [0.25, 0.3) is 5.91 Å². The molecule has 2 saturated heterocycles. The summed E-state index contributed by atoms with van der Waals surface area (Å²) in [4.78, 5) is 18.9. The average molecular weight is 435 g/mol. The standard InChI is InChI=1S/C26H27FN2O3/c1-17-20-5-2-3-6-23(20)28-16-21(17)18-8-9-24(22(27)15-18)32-19-10-12-29(13-11-19)26(30)25-7-4-14-31-25/h2-3,5-6,8-9,15-16,19,25H,4,7,10-14H2,1H3/t25-/m1/s1. The normalized spacial score (nSPS) is 19.4. The highest BCUT2D eigenvalue weighted by atomic mass is 19.1. The molecule has 6 heteroatoms. The van der Waals surface area contributed by atoms with Gasteiger partial charge in [-0.05, 0) is 49.1 Å². The van der Waals surface area contributed by atoms with Gasteiger partial charge in [-0.25, -0.2) is 4.39 Å². The topological polar surface area (TPSA) is 51.7 Å². The first-order chi connectivity index (χ1) is 15.6. The van der Waals surface area contributed by atoms with Crippen LogP contribution in [0.5, 0.6) is 5.75 Å². The van der Waals surface area contributed by atoms with Gasteiger partial charge in [0, 0.05) is 49.7 Å². The molecule has 3 aromatic rings. The Hall–Kier alpha value is -2.99. The van der Waals surface area contributed by atoms with E-state index in [2.05, 4.69) is 4.98 Å². The number of rotatable bonds is 4. The van der Waals surface area contributed by atoms with Gasteiger partial charge in [-0.2, -0.15) is 0 Å². The summed E-state index contributed by atoms with van der Waals surface area (Å²) >= 11 is 0. The lowest BCUT2D eigenvalue weighted by molar-refractivity contribution is -0.142. The van der Waals surface area contributed by atoms with Crippen LogP contribution < -0.4 is 4.74 Å². The maximum Gasteiger partial charge on any atom is 0.251 e. The Morgan fingerprint density at radius 2 is 1.97 bits per heavy atom. The zero-order valence-electron chi connectivity index (χ0n) is 18.2. The van der Waals surface area contributed by atoms with Crippen molar-refractivity contribution in [2.75, 3.05) is 19.7 Å². The van der Waals surface area contributed by atoms with Crippen LogP contribution in [0.25, 0.3) is 22.0 Å². The Bertz CT molecular complexity index is 1140. The van der Waals surface area contributed by atoms with Crippen molar-refractivity contribution in [2.24, 2.45) is 0 Å². The van der Waals surface area contributed by atoms with Crippen molar-refractivity contribution in [3.05, 3.63) is 60.0 Å². The molecule has 2 aliphatic heterocycles. The predicted molar refractivity (Wildman–Crippen MR) is 121 cm³/mol. The molecule has 1 atom stereocenters. The number of fused-ring (bicyclic) bond motifs is 1. The lowest BCUT2D eigenvalue weighted by atomic mass is 9.99. The molecular weight excluding hydrogens is 407 g/mol. The molecule has 2 fully saturated rings. The molecule has 32 heavy (non-hydrogen) atoms. The molecular formula is C26H27FN2O3. The van der Waals surface area contributed by atoms with Crippen molar-refractivity contribution in [1.82, 2.24) is 9.88 Å². The number of piperidine rings is 1. The quantitative estimate of drug-likeness (QED) is 0.586. The zero-order chi connectivity index (χ0) is 22.1. The van der Waals surface area contributed by atoms with Gasteiger partial charge in [0.1, 0.15) is 12.2 Å². The summed E-state index contributed by atoms with van der Waals surface area (Å²) in [5.41, 5.74) is 3.70. The molecule has 2 aromatic carbocycles. The maximum atomic E-state index is 14.9. The van der Waals surface area contributed by atoms with E-state index >= 15 is 0 Å². The number of hydrogen-bond acceptors (Lipinski definition) is 4. The predicted octanol–water partition coefficient (Wildman–Crippen LogP) is 4.90. The van der Waals surface area contributed by atoms with Crippen LogP contribution in [0.15, 0.2) is 48.7 Å². The molecule has 0 saturated carbocycles. The number of pyridine rings is 1. The number of benzene rings is 2. The summed E-state index contributed by atoms with van der Waals surface area (Å²) in [5, 5.41) is 1.06. The largest absolute Gasteiger partial charge is 0.487 e. The number of carbonyl (C=O) groups is 1.